The molecule has 0 saturated carbocycles. The highest BCUT2D eigenvalue weighted by Crippen LogP contribution is 2.17. The van der Waals surface area contributed by atoms with E-state index in [4.69, 9.17) is 4.74 Å². The zero-order valence-corrected chi connectivity index (χ0v) is 11.2. The van der Waals surface area contributed by atoms with Gasteiger partial charge in [-0.1, -0.05) is 18.2 Å². The van der Waals surface area contributed by atoms with Crippen molar-refractivity contribution in [2.45, 2.75) is 13.5 Å². The molecule has 1 aromatic heterocycles. The molecule has 0 aliphatic heterocycles. The van der Waals surface area contributed by atoms with E-state index >= 15 is 0 Å². The Morgan fingerprint density at radius 2 is 1.84 bits per heavy atom. The van der Waals surface area contributed by atoms with Gasteiger partial charge in [0.1, 0.15) is 18.2 Å². The van der Waals surface area contributed by atoms with Crippen molar-refractivity contribution in [1.82, 2.24) is 9.97 Å². The summed E-state index contributed by atoms with van der Waals surface area (Å²) in [6.07, 6.45) is 0. The van der Waals surface area contributed by atoms with Gasteiger partial charge in [-0.05, 0) is 19.1 Å². The summed E-state index contributed by atoms with van der Waals surface area (Å²) in [4.78, 5) is 8.78. The minimum atomic E-state index is 0.392. The molecule has 0 aliphatic carbocycles. The molecule has 0 atom stereocenters. The monoisotopic (exact) mass is 258 g/mol. The fourth-order valence-corrected chi connectivity index (χ4v) is 1.70. The lowest BCUT2D eigenvalue weighted by Crippen LogP contribution is -2.06. The van der Waals surface area contributed by atoms with Crippen LogP contribution >= 0.6 is 0 Å². The van der Waals surface area contributed by atoms with Crippen LogP contribution in [-0.4, -0.2) is 23.6 Å². The van der Waals surface area contributed by atoms with Gasteiger partial charge in [-0.2, -0.15) is 0 Å². The van der Waals surface area contributed by atoms with E-state index in [0.717, 1.165) is 23.9 Å². The Balaban J connectivity index is 2.23. The maximum absolute atomic E-state index is 5.09. The number of hydrogen-bond acceptors (Lipinski definition) is 5. The first-order valence-electron chi connectivity index (χ1n) is 6.24. The average Bonchev–Trinajstić information content (AvgIpc) is 2.40. The van der Waals surface area contributed by atoms with Gasteiger partial charge >= 0.3 is 0 Å². The van der Waals surface area contributed by atoms with Gasteiger partial charge < -0.3 is 15.4 Å². The lowest BCUT2D eigenvalue weighted by atomic mass is 10.3. The third kappa shape index (κ3) is 3.93. The van der Waals surface area contributed by atoms with Crippen LogP contribution in [0.1, 0.15) is 12.7 Å². The number of rotatable bonds is 6. The molecule has 19 heavy (non-hydrogen) atoms. The Hall–Kier alpha value is -2.14. The predicted molar refractivity (Wildman–Crippen MR) is 76.6 cm³/mol. The highest BCUT2D eigenvalue weighted by molar-refractivity contribution is 5.58. The van der Waals surface area contributed by atoms with Crippen molar-refractivity contribution in [3.63, 3.8) is 0 Å². The summed E-state index contributed by atoms with van der Waals surface area (Å²) in [7, 11) is 1.63. The van der Waals surface area contributed by atoms with E-state index in [1.165, 1.54) is 0 Å². The maximum atomic E-state index is 5.09. The van der Waals surface area contributed by atoms with Gasteiger partial charge in [-0.3, -0.25) is 0 Å². The molecule has 100 valence electrons. The van der Waals surface area contributed by atoms with Crippen LogP contribution in [0.2, 0.25) is 0 Å². The van der Waals surface area contributed by atoms with E-state index in [-0.39, 0.29) is 0 Å². The fraction of sp³-hybridized carbons (Fsp3) is 0.286. The SMILES string of the molecule is CCNc1cc(Nc2ccccc2)nc(COC)n1. The highest BCUT2D eigenvalue weighted by Gasteiger charge is 2.04. The smallest absolute Gasteiger partial charge is 0.158 e. The molecule has 0 unspecified atom stereocenters. The summed E-state index contributed by atoms with van der Waals surface area (Å²) in [6.45, 7) is 3.24. The van der Waals surface area contributed by atoms with Gasteiger partial charge in [0.2, 0.25) is 0 Å². The molecule has 0 aliphatic rings. The molecule has 0 radical (unpaired) electrons. The number of nitrogens with zero attached hydrogens (tertiary/aromatic N) is 2. The second kappa shape index (κ2) is 6.70. The van der Waals surface area contributed by atoms with Crippen molar-refractivity contribution in [2.24, 2.45) is 0 Å². The Labute approximate surface area is 113 Å². The van der Waals surface area contributed by atoms with Crippen LogP contribution in [0, 0.1) is 0 Å². The van der Waals surface area contributed by atoms with Crippen molar-refractivity contribution < 1.29 is 4.74 Å². The van der Waals surface area contributed by atoms with Crippen LogP contribution in [0.25, 0.3) is 0 Å². The molecule has 0 fully saturated rings. The standard InChI is InChI=1S/C14H18N4O/c1-3-15-12-9-13(18-14(17-12)10-19-2)16-11-7-5-4-6-8-11/h4-9H,3,10H2,1-2H3,(H2,15,16,17,18). The molecule has 0 saturated heterocycles. The summed E-state index contributed by atoms with van der Waals surface area (Å²) in [5.74, 6) is 2.20. The molecule has 2 N–H and O–H groups in total. The first kappa shape index (κ1) is 13.3. The van der Waals surface area contributed by atoms with Crippen molar-refractivity contribution in [3.05, 3.63) is 42.2 Å². The second-order valence-electron chi connectivity index (χ2n) is 4.01. The van der Waals surface area contributed by atoms with Gasteiger partial charge in [0.25, 0.3) is 0 Å². The zero-order chi connectivity index (χ0) is 13.5. The van der Waals surface area contributed by atoms with E-state index in [1.807, 2.05) is 43.3 Å². The Morgan fingerprint density at radius 1 is 1.11 bits per heavy atom. The normalized spacial score (nSPS) is 10.2. The molecular weight excluding hydrogens is 240 g/mol. The van der Waals surface area contributed by atoms with Crippen molar-refractivity contribution in [2.75, 3.05) is 24.3 Å². The van der Waals surface area contributed by atoms with E-state index in [0.29, 0.717) is 12.4 Å². The lowest BCUT2D eigenvalue weighted by molar-refractivity contribution is 0.178. The molecule has 5 nitrogen and oxygen atoms in total. The minimum Gasteiger partial charge on any atom is -0.377 e. The van der Waals surface area contributed by atoms with Crippen LogP contribution < -0.4 is 10.6 Å². The molecule has 0 amide bonds. The van der Waals surface area contributed by atoms with Gasteiger partial charge in [0.05, 0.1) is 0 Å². The van der Waals surface area contributed by atoms with Gasteiger partial charge in [-0.15, -0.1) is 0 Å². The van der Waals surface area contributed by atoms with Gasteiger partial charge in [0.15, 0.2) is 5.82 Å². The second-order valence-corrected chi connectivity index (χ2v) is 4.01. The molecule has 2 aromatic rings. The van der Waals surface area contributed by atoms with Gasteiger partial charge in [0, 0.05) is 25.4 Å². The number of aromatic nitrogens is 2. The minimum absolute atomic E-state index is 0.392. The summed E-state index contributed by atoms with van der Waals surface area (Å²) < 4.78 is 5.09. The van der Waals surface area contributed by atoms with E-state index in [2.05, 4.69) is 20.6 Å². The molecule has 2 rings (SSSR count). The van der Waals surface area contributed by atoms with Gasteiger partial charge in [-0.25, -0.2) is 9.97 Å². The van der Waals surface area contributed by atoms with Crippen LogP contribution in [0.5, 0.6) is 0 Å². The van der Waals surface area contributed by atoms with Crippen LogP contribution in [0.4, 0.5) is 17.3 Å². The van der Waals surface area contributed by atoms with E-state index in [9.17, 15) is 0 Å². The van der Waals surface area contributed by atoms with E-state index < -0.39 is 0 Å². The first-order valence-corrected chi connectivity index (χ1v) is 6.24. The predicted octanol–water partition coefficient (Wildman–Crippen LogP) is 2.80. The number of para-hydroxylation sites is 1. The zero-order valence-electron chi connectivity index (χ0n) is 11.2. The topological polar surface area (TPSA) is 59.1 Å². The van der Waals surface area contributed by atoms with Crippen LogP contribution in [0.3, 0.4) is 0 Å². The molecular formula is C14H18N4O. The maximum Gasteiger partial charge on any atom is 0.158 e. The Kier molecular flexibility index (Phi) is 4.69. The fourth-order valence-electron chi connectivity index (χ4n) is 1.70. The van der Waals surface area contributed by atoms with Crippen LogP contribution in [0.15, 0.2) is 36.4 Å². The number of hydrogen-bond donors (Lipinski definition) is 2. The number of nitrogens with one attached hydrogen (secondary N) is 2. The third-order valence-electron chi connectivity index (χ3n) is 2.45. The number of anilines is 3. The highest BCUT2D eigenvalue weighted by atomic mass is 16.5. The van der Waals surface area contributed by atoms with Crippen LogP contribution in [-0.2, 0) is 11.3 Å². The van der Waals surface area contributed by atoms with Crippen molar-refractivity contribution >= 4 is 17.3 Å². The average molecular weight is 258 g/mol. The number of methoxy groups -OCH3 is 1. The molecule has 1 aromatic carbocycles. The van der Waals surface area contributed by atoms with Crippen molar-refractivity contribution in [1.29, 1.82) is 0 Å². The Bertz CT molecular complexity index is 492. The molecule has 5 heteroatoms. The number of ether oxygens (including phenoxy) is 1. The third-order valence-corrected chi connectivity index (χ3v) is 2.45. The molecule has 0 spiro atoms. The number of benzene rings is 1. The first-order chi connectivity index (χ1) is 9.31. The lowest BCUT2D eigenvalue weighted by Gasteiger charge is -2.10. The Morgan fingerprint density at radius 3 is 2.53 bits per heavy atom. The summed E-state index contributed by atoms with van der Waals surface area (Å²) in [5, 5.41) is 6.44. The van der Waals surface area contributed by atoms with E-state index in [1.54, 1.807) is 7.11 Å². The largest absolute Gasteiger partial charge is 0.377 e. The molecule has 0 bridgehead atoms. The van der Waals surface area contributed by atoms with Crippen molar-refractivity contribution in [3.8, 4) is 0 Å². The summed E-state index contributed by atoms with van der Waals surface area (Å²) in [6, 6.07) is 11.8. The summed E-state index contributed by atoms with van der Waals surface area (Å²) >= 11 is 0. The quantitative estimate of drug-likeness (QED) is 0.834. The molecule has 1 heterocycles. The summed E-state index contributed by atoms with van der Waals surface area (Å²) in [5.41, 5.74) is 0.993.